The third kappa shape index (κ3) is 3.17. The Balaban J connectivity index is 2.22. The highest BCUT2D eigenvalue weighted by molar-refractivity contribution is 7.89. The van der Waals surface area contributed by atoms with Crippen molar-refractivity contribution < 1.29 is 8.42 Å². The van der Waals surface area contributed by atoms with Gasteiger partial charge in [-0.15, -0.1) is 11.6 Å². The summed E-state index contributed by atoms with van der Waals surface area (Å²) < 4.78 is 26.9. The summed E-state index contributed by atoms with van der Waals surface area (Å²) >= 11 is 5.78. The highest BCUT2D eigenvalue weighted by Gasteiger charge is 2.31. The van der Waals surface area contributed by atoms with Gasteiger partial charge in [0, 0.05) is 31.6 Å². The van der Waals surface area contributed by atoms with Crippen LogP contribution in [0.3, 0.4) is 0 Å². The molecule has 1 aliphatic rings. The van der Waals surface area contributed by atoms with Crippen molar-refractivity contribution in [2.45, 2.75) is 30.7 Å². The summed E-state index contributed by atoms with van der Waals surface area (Å²) in [5.74, 6) is 0.323. The molecule has 0 spiro atoms. The van der Waals surface area contributed by atoms with Crippen molar-refractivity contribution in [2.24, 2.45) is 0 Å². The number of halogens is 1. The number of alkyl halides is 1. The van der Waals surface area contributed by atoms with Crippen molar-refractivity contribution in [2.75, 3.05) is 26.2 Å². The van der Waals surface area contributed by atoms with Gasteiger partial charge < -0.3 is 0 Å². The molecule has 0 bridgehead atoms. The van der Waals surface area contributed by atoms with Crippen LogP contribution in [0.15, 0.2) is 29.2 Å². The highest BCUT2D eigenvalue weighted by Crippen LogP contribution is 2.21. The lowest BCUT2D eigenvalue weighted by Gasteiger charge is -2.38. The van der Waals surface area contributed by atoms with Crippen molar-refractivity contribution in [3.8, 4) is 0 Å². The van der Waals surface area contributed by atoms with E-state index in [-0.39, 0.29) is 6.04 Å². The van der Waals surface area contributed by atoms with Crippen LogP contribution in [0.25, 0.3) is 0 Å². The molecule has 1 aromatic rings. The molecule has 1 aromatic carbocycles. The van der Waals surface area contributed by atoms with Gasteiger partial charge in [0.25, 0.3) is 0 Å². The van der Waals surface area contributed by atoms with Gasteiger partial charge in [-0.05, 0) is 31.2 Å². The Bertz CT molecular complexity index is 562. The van der Waals surface area contributed by atoms with Crippen LogP contribution < -0.4 is 0 Å². The number of sulfonamides is 1. The zero-order valence-electron chi connectivity index (χ0n) is 11.9. The number of piperazine rings is 1. The lowest BCUT2D eigenvalue weighted by molar-refractivity contribution is 0.135. The Labute approximate surface area is 126 Å². The van der Waals surface area contributed by atoms with Crippen LogP contribution in [0.2, 0.25) is 0 Å². The monoisotopic (exact) mass is 316 g/mol. The van der Waals surface area contributed by atoms with Gasteiger partial charge in [-0.1, -0.05) is 19.1 Å². The van der Waals surface area contributed by atoms with Gasteiger partial charge in [0.05, 0.1) is 4.90 Å². The Morgan fingerprint density at radius 2 is 2.10 bits per heavy atom. The van der Waals surface area contributed by atoms with Crippen molar-refractivity contribution in [1.29, 1.82) is 0 Å². The Morgan fingerprint density at radius 1 is 1.35 bits per heavy atom. The highest BCUT2D eigenvalue weighted by atomic mass is 35.5. The smallest absolute Gasteiger partial charge is 0.243 e. The second kappa shape index (κ2) is 6.43. The molecular formula is C14H21ClN2O2S. The first kappa shape index (κ1) is 15.8. The first-order valence-electron chi connectivity index (χ1n) is 6.88. The van der Waals surface area contributed by atoms with E-state index in [2.05, 4.69) is 18.7 Å². The van der Waals surface area contributed by atoms with Crippen molar-refractivity contribution in [3.05, 3.63) is 29.8 Å². The molecule has 1 heterocycles. The Hall–Kier alpha value is -0.620. The van der Waals surface area contributed by atoms with Crippen molar-refractivity contribution >= 4 is 21.6 Å². The molecule has 1 unspecified atom stereocenters. The van der Waals surface area contributed by atoms with E-state index in [9.17, 15) is 8.42 Å². The molecule has 112 valence electrons. The fraction of sp³-hybridized carbons (Fsp3) is 0.571. The van der Waals surface area contributed by atoms with E-state index in [0.29, 0.717) is 23.9 Å². The minimum Gasteiger partial charge on any atom is -0.298 e. The van der Waals surface area contributed by atoms with Gasteiger partial charge in [-0.3, -0.25) is 4.90 Å². The van der Waals surface area contributed by atoms with E-state index in [4.69, 9.17) is 11.6 Å². The predicted octanol–water partition coefficient (Wildman–Crippen LogP) is 2.14. The summed E-state index contributed by atoms with van der Waals surface area (Å²) in [6, 6.07) is 7.14. The maximum Gasteiger partial charge on any atom is 0.243 e. The largest absolute Gasteiger partial charge is 0.298 e. The minimum atomic E-state index is -3.41. The second-order valence-electron chi connectivity index (χ2n) is 5.12. The van der Waals surface area contributed by atoms with Gasteiger partial charge in [-0.2, -0.15) is 4.31 Å². The summed E-state index contributed by atoms with van der Waals surface area (Å²) in [5, 5.41) is 0. The van der Waals surface area contributed by atoms with E-state index in [1.165, 1.54) is 0 Å². The van der Waals surface area contributed by atoms with E-state index in [1.54, 1.807) is 22.5 Å². The molecule has 1 saturated heterocycles. The lowest BCUT2D eigenvalue weighted by atomic mass is 10.2. The number of nitrogens with zero attached hydrogens (tertiary/aromatic N) is 2. The number of rotatable bonds is 4. The third-order valence-corrected chi connectivity index (χ3v) is 5.99. The second-order valence-corrected chi connectivity index (χ2v) is 7.33. The van der Waals surface area contributed by atoms with E-state index in [0.717, 1.165) is 18.7 Å². The lowest BCUT2D eigenvalue weighted by Crippen LogP contribution is -2.53. The van der Waals surface area contributed by atoms with Gasteiger partial charge in [0.1, 0.15) is 0 Å². The normalized spacial score (nSPS) is 22.1. The number of hydrogen-bond acceptors (Lipinski definition) is 3. The predicted molar refractivity (Wildman–Crippen MR) is 81.5 cm³/mol. The molecule has 6 heteroatoms. The first-order chi connectivity index (χ1) is 9.48. The summed E-state index contributed by atoms with van der Waals surface area (Å²) in [6.07, 6.45) is 0. The minimum absolute atomic E-state index is 0.250. The molecule has 4 nitrogen and oxygen atoms in total. The molecule has 0 aliphatic carbocycles. The average molecular weight is 317 g/mol. The molecule has 0 saturated carbocycles. The van der Waals surface area contributed by atoms with E-state index in [1.807, 2.05) is 6.07 Å². The summed E-state index contributed by atoms with van der Waals surface area (Å²) in [4.78, 5) is 2.63. The van der Waals surface area contributed by atoms with Gasteiger partial charge in [0.15, 0.2) is 0 Å². The molecule has 0 aromatic heterocycles. The fourth-order valence-electron chi connectivity index (χ4n) is 2.59. The first-order valence-corrected chi connectivity index (χ1v) is 8.85. The van der Waals surface area contributed by atoms with E-state index < -0.39 is 10.0 Å². The maximum absolute atomic E-state index is 12.7. The van der Waals surface area contributed by atoms with Crippen LogP contribution in [0.1, 0.15) is 19.4 Å². The molecule has 0 amide bonds. The molecule has 1 fully saturated rings. The van der Waals surface area contributed by atoms with Crippen molar-refractivity contribution in [1.82, 2.24) is 9.21 Å². The number of benzene rings is 1. The van der Waals surface area contributed by atoms with Crippen molar-refractivity contribution in [3.63, 3.8) is 0 Å². The number of likely N-dealkylation sites (N-methyl/N-ethyl adjacent to an activating group) is 1. The summed E-state index contributed by atoms with van der Waals surface area (Å²) in [6.45, 7) is 7.00. The summed E-state index contributed by atoms with van der Waals surface area (Å²) in [5.41, 5.74) is 0.827. The SMILES string of the molecule is CCN1CCN(S(=O)(=O)c2cccc(CCl)c2)CC1C. The van der Waals surface area contributed by atoms with Crippen LogP contribution in [-0.4, -0.2) is 49.8 Å². The molecule has 2 rings (SSSR count). The zero-order valence-corrected chi connectivity index (χ0v) is 13.5. The van der Waals surface area contributed by atoms with Gasteiger partial charge in [-0.25, -0.2) is 8.42 Å². The van der Waals surface area contributed by atoms with Crippen LogP contribution in [0.5, 0.6) is 0 Å². The number of hydrogen-bond donors (Lipinski definition) is 0. The molecule has 0 radical (unpaired) electrons. The summed E-state index contributed by atoms with van der Waals surface area (Å²) in [7, 11) is -3.41. The zero-order chi connectivity index (χ0) is 14.8. The average Bonchev–Trinajstić information content (AvgIpc) is 2.47. The quantitative estimate of drug-likeness (QED) is 0.799. The molecule has 1 atom stereocenters. The van der Waals surface area contributed by atoms with Gasteiger partial charge in [0.2, 0.25) is 10.0 Å². The van der Waals surface area contributed by atoms with Crippen LogP contribution >= 0.6 is 11.6 Å². The topological polar surface area (TPSA) is 40.6 Å². The molecule has 1 aliphatic heterocycles. The Morgan fingerprint density at radius 3 is 2.70 bits per heavy atom. The van der Waals surface area contributed by atoms with E-state index >= 15 is 0 Å². The fourth-order valence-corrected chi connectivity index (χ4v) is 4.34. The maximum atomic E-state index is 12.7. The molecule has 0 N–H and O–H groups in total. The van der Waals surface area contributed by atoms with Crippen LogP contribution in [0, 0.1) is 0 Å². The standard InChI is InChI=1S/C14H21ClN2O2S/c1-3-16-7-8-17(11-12(16)2)20(18,19)14-6-4-5-13(9-14)10-15/h4-6,9,12H,3,7-8,10-11H2,1-2H3. The molecule has 20 heavy (non-hydrogen) atoms. The third-order valence-electron chi connectivity index (χ3n) is 3.82. The Kier molecular flexibility index (Phi) is 5.07. The van der Waals surface area contributed by atoms with Crippen LogP contribution in [0.4, 0.5) is 0 Å². The molecular weight excluding hydrogens is 296 g/mol. The van der Waals surface area contributed by atoms with Gasteiger partial charge >= 0.3 is 0 Å². The van der Waals surface area contributed by atoms with Crippen LogP contribution in [-0.2, 0) is 15.9 Å².